The molecule has 5 nitrogen and oxygen atoms in total. The number of amides is 2. The molecule has 0 radical (unpaired) electrons. The second-order valence-electron chi connectivity index (χ2n) is 7.85. The first kappa shape index (κ1) is 21.0. The number of nitrogens with zero attached hydrogens (tertiary/aromatic N) is 3. The van der Waals surface area contributed by atoms with Crippen molar-refractivity contribution in [1.29, 1.82) is 0 Å². The van der Waals surface area contributed by atoms with Crippen LogP contribution in [-0.2, 0) is 16.0 Å². The topological polar surface area (TPSA) is 43.9 Å². The molecular formula is C23H25ClFN3O2. The molecule has 0 saturated carbocycles. The number of carbonyl (C=O) groups is 2. The molecule has 0 spiro atoms. The molecule has 0 N–H and O–H groups in total. The van der Waals surface area contributed by atoms with Crippen LogP contribution < -0.4 is 4.90 Å². The number of hydrogen-bond donors (Lipinski definition) is 0. The Balaban J connectivity index is 1.30. The lowest BCUT2D eigenvalue weighted by Gasteiger charge is -2.37. The van der Waals surface area contributed by atoms with Crippen molar-refractivity contribution in [3.8, 4) is 0 Å². The van der Waals surface area contributed by atoms with Crippen molar-refractivity contribution in [2.75, 3.05) is 37.6 Å². The minimum Gasteiger partial charge on any atom is -0.301 e. The molecular weight excluding hydrogens is 405 g/mol. The Morgan fingerprint density at radius 1 is 1.00 bits per heavy atom. The van der Waals surface area contributed by atoms with E-state index in [4.69, 9.17) is 11.6 Å². The Morgan fingerprint density at radius 3 is 2.43 bits per heavy atom. The zero-order chi connectivity index (χ0) is 21.1. The predicted octanol–water partition coefficient (Wildman–Crippen LogP) is 3.36. The quantitative estimate of drug-likeness (QED) is 0.660. The van der Waals surface area contributed by atoms with E-state index < -0.39 is 11.9 Å². The van der Waals surface area contributed by atoms with Gasteiger partial charge in [0, 0.05) is 26.2 Å². The summed E-state index contributed by atoms with van der Waals surface area (Å²) in [5, 5.41) is -0.0966. The van der Waals surface area contributed by atoms with Crippen LogP contribution in [0.2, 0.25) is 5.02 Å². The third kappa shape index (κ3) is 4.56. The van der Waals surface area contributed by atoms with Crippen LogP contribution in [0.5, 0.6) is 0 Å². The van der Waals surface area contributed by atoms with E-state index in [2.05, 4.69) is 34.1 Å². The molecule has 2 aliphatic heterocycles. The minimum atomic E-state index is -0.570. The van der Waals surface area contributed by atoms with Gasteiger partial charge in [0.15, 0.2) is 0 Å². The maximum atomic E-state index is 13.4. The van der Waals surface area contributed by atoms with Crippen LogP contribution in [-0.4, -0.2) is 60.4 Å². The van der Waals surface area contributed by atoms with Gasteiger partial charge in [-0.15, -0.1) is 0 Å². The fraction of sp³-hybridized carbons (Fsp3) is 0.391. The van der Waals surface area contributed by atoms with Gasteiger partial charge in [0.05, 0.1) is 23.2 Å². The molecule has 1 atom stereocenters. The fourth-order valence-corrected chi connectivity index (χ4v) is 4.42. The van der Waals surface area contributed by atoms with E-state index in [9.17, 15) is 14.0 Å². The van der Waals surface area contributed by atoms with Gasteiger partial charge >= 0.3 is 0 Å². The van der Waals surface area contributed by atoms with E-state index in [1.807, 2.05) is 6.07 Å². The minimum absolute atomic E-state index is 0.0966. The number of rotatable bonds is 6. The molecule has 2 heterocycles. The van der Waals surface area contributed by atoms with Gasteiger partial charge in [-0.25, -0.2) is 9.29 Å². The maximum Gasteiger partial charge on any atom is 0.251 e. The van der Waals surface area contributed by atoms with Crippen molar-refractivity contribution in [2.24, 2.45) is 0 Å². The van der Waals surface area contributed by atoms with Crippen LogP contribution in [0.4, 0.5) is 10.1 Å². The van der Waals surface area contributed by atoms with Gasteiger partial charge in [-0.2, -0.15) is 0 Å². The molecule has 2 amide bonds. The Morgan fingerprint density at radius 2 is 1.73 bits per heavy atom. The van der Waals surface area contributed by atoms with Crippen molar-refractivity contribution in [3.63, 3.8) is 0 Å². The average molecular weight is 430 g/mol. The first-order valence-corrected chi connectivity index (χ1v) is 10.7. The number of imide groups is 1. The maximum absolute atomic E-state index is 13.4. The monoisotopic (exact) mass is 429 g/mol. The van der Waals surface area contributed by atoms with E-state index in [1.165, 1.54) is 23.8 Å². The SMILES string of the molecule is O=C1C[C@H](N2CCN(CCCc3ccccc3)CC2)C(=O)N1c1ccc(F)c(Cl)c1. The smallest absolute Gasteiger partial charge is 0.251 e. The summed E-state index contributed by atoms with van der Waals surface area (Å²) in [6.45, 7) is 4.31. The van der Waals surface area contributed by atoms with E-state index in [0.29, 0.717) is 5.69 Å². The van der Waals surface area contributed by atoms with E-state index in [-0.39, 0.29) is 23.3 Å². The average Bonchev–Trinajstić information content (AvgIpc) is 3.05. The lowest BCUT2D eigenvalue weighted by atomic mass is 10.1. The summed E-state index contributed by atoms with van der Waals surface area (Å²) in [7, 11) is 0. The molecule has 7 heteroatoms. The number of carbonyl (C=O) groups excluding carboxylic acids is 2. The van der Waals surface area contributed by atoms with Crippen LogP contribution in [0.1, 0.15) is 18.4 Å². The molecule has 30 heavy (non-hydrogen) atoms. The van der Waals surface area contributed by atoms with Crippen LogP contribution in [0.15, 0.2) is 48.5 Å². The zero-order valence-electron chi connectivity index (χ0n) is 16.8. The normalized spacial score (nSPS) is 20.9. The second kappa shape index (κ2) is 9.25. The largest absolute Gasteiger partial charge is 0.301 e. The molecule has 0 aliphatic carbocycles. The number of halogens is 2. The number of hydrogen-bond acceptors (Lipinski definition) is 4. The third-order valence-corrected chi connectivity index (χ3v) is 6.20. The van der Waals surface area contributed by atoms with Crippen LogP contribution in [0, 0.1) is 5.82 Å². The molecule has 0 bridgehead atoms. The first-order valence-electron chi connectivity index (χ1n) is 10.3. The van der Waals surface area contributed by atoms with Gasteiger partial charge in [0.25, 0.3) is 5.91 Å². The summed E-state index contributed by atoms with van der Waals surface area (Å²) < 4.78 is 13.4. The number of benzene rings is 2. The molecule has 0 aromatic heterocycles. The molecule has 2 saturated heterocycles. The highest BCUT2D eigenvalue weighted by atomic mass is 35.5. The van der Waals surface area contributed by atoms with Crippen molar-refractivity contribution in [3.05, 3.63) is 64.9 Å². The predicted molar refractivity (Wildman–Crippen MR) is 115 cm³/mol. The number of aryl methyl sites for hydroxylation is 1. The Kier molecular flexibility index (Phi) is 6.46. The lowest BCUT2D eigenvalue weighted by Crippen LogP contribution is -2.52. The standard InChI is InChI=1S/C23H25ClFN3O2/c24-19-15-18(8-9-20(19)25)28-22(29)16-21(23(28)30)27-13-11-26(12-14-27)10-4-7-17-5-2-1-3-6-17/h1-3,5-6,8-9,15,21H,4,7,10-14,16H2/t21-/m0/s1. The van der Waals surface area contributed by atoms with Gasteiger partial charge in [0.1, 0.15) is 5.82 Å². The third-order valence-electron chi connectivity index (χ3n) is 5.91. The first-order chi connectivity index (χ1) is 14.5. The van der Waals surface area contributed by atoms with Gasteiger partial charge < -0.3 is 4.90 Å². The number of anilines is 1. The van der Waals surface area contributed by atoms with Gasteiger partial charge in [0.2, 0.25) is 5.91 Å². The van der Waals surface area contributed by atoms with Crippen LogP contribution >= 0.6 is 11.6 Å². The second-order valence-corrected chi connectivity index (χ2v) is 8.26. The van der Waals surface area contributed by atoms with Gasteiger partial charge in [-0.1, -0.05) is 41.9 Å². The summed E-state index contributed by atoms with van der Waals surface area (Å²) in [4.78, 5) is 31.1. The molecule has 4 rings (SSSR count). The highest BCUT2D eigenvalue weighted by Gasteiger charge is 2.43. The molecule has 158 valence electrons. The highest BCUT2D eigenvalue weighted by molar-refractivity contribution is 6.31. The van der Waals surface area contributed by atoms with Crippen molar-refractivity contribution in [1.82, 2.24) is 9.80 Å². The van der Waals surface area contributed by atoms with E-state index >= 15 is 0 Å². The Bertz CT molecular complexity index is 916. The van der Waals surface area contributed by atoms with Crippen molar-refractivity contribution < 1.29 is 14.0 Å². The zero-order valence-corrected chi connectivity index (χ0v) is 17.5. The molecule has 2 aromatic rings. The summed E-state index contributed by atoms with van der Waals surface area (Å²) in [6.07, 6.45) is 2.32. The molecule has 2 aliphatic rings. The number of piperazine rings is 1. The van der Waals surface area contributed by atoms with E-state index in [0.717, 1.165) is 50.5 Å². The fourth-order valence-electron chi connectivity index (χ4n) is 4.25. The summed E-state index contributed by atoms with van der Waals surface area (Å²) in [5.74, 6) is -1.09. The van der Waals surface area contributed by atoms with Gasteiger partial charge in [-0.05, 0) is 43.1 Å². The Hall–Kier alpha value is -2.28. The molecule has 2 aromatic carbocycles. The Labute approximate surface area is 181 Å². The van der Waals surface area contributed by atoms with E-state index in [1.54, 1.807) is 0 Å². The van der Waals surface area contributed by atoms with Crippen molar-refractivity contribution in [2.45, 2.75) is 25.3 Å². The summed E-state index contributed by atoms with van der Waals surface area (Å²) in [6, 6.07) is 14.0. The lowest BCUT2D eigenvalue weighted by molar-refractivity contribution is -0.123. The van der Waals surface area contributed by atoms with Crippen LogP contribution in [0.3, 0.4) is 0 Å². The van der Waals surface area contributed by atoms with Gasteiger partial charge in [-0.3, -0.25) is 14.5 Å². The van der Waals surface area contributed by atoms with Crippen LogP contribution in [0.25, 0.3) is 0 Å². The molecule has 2 fully saturated rings. The summed E-state index contributed by atoms with van der Waals surface area (Å²) in [5.41, 5.74) is 1.69. The van der Waals surface area contributed by atoms with Crippen molar-refractivity contribution >= 4 is 29.1 Å². The summed E-state index contributed by atoms with van der Waals surface area (Å²) >= 11 is 5.83. The molecule has 0 unspecified atom stereocenters. The highest BCUT2D eigenvalue weighted by Crippen LogP contribution is 2.29.